The number of carbonyl (C=O) groups excluding carboxylic acids is 1. The van der Waals surface area contributed by atoms with Gasteiger partial charge in [-0.25, -0.2) is 0 Å². The monoisotopic (exact) mass is 332 g/mol. The van der Waals surface area contributed by atoms with Crippen molar-refractivity contribution in [2.75, 3.05) is 19.6 Å². The number of hydrogen-bond acceptors (Lipinski definition) is 3. The highest BCUT2D eigenvalue weighted by Gasteiger charge is 2.34. The molecule has 0 spiro atoms. The molecule has 1 saturated carbocycles. The van der Waals surface area contributed by atoms with Gasteiger partial charge < -0.3 is 4.90 Å². The number of nitrogens with zero attached hydrogens (tertiary/aromatic N) is 2. The van der Waals surface area contributed by atoms with E-state index < -0.39 is 0 Å². The zero-order valence-electron chi connectivity index (χ0n) is 14.7. The third kappa shape index (κ3) is 3.45. The molecule has 1 heterocycles. The standard InChI is InChI=1S/C22H24N2O/c1-15-8-9-24(13-16-2-3-16)14-21(15)22(25)20-7-6-18-10-17(12-23)4-5-19(18)11-20/h4-7,10-11,15-16,21H,2-3,8-9,13-14H2,1H3/t15-,21?/m0/s1. The molecule has 2 atom stereocenters. The molecule has 1 aliphatic heterocycles. The zero-order chi connectivity index (χ0) is 17.4. The fourth-order valence-electron chi connectivity index (χ4n) is 3.99. The number of fused-ring (bicyclic) bond motifs is 1. The first-order chi connectivity index (χ1) is 12.1. The SMILES string of the molecule is C[C@H]1CCN(CC2CC2)CC1C(=O)c1ccc2cc(C#N)ccc2c1. The molecule has 25 heavy (non-hydrogen) atoms. The van der Waals surface area contributed by atoms with Gasteiger partial charge in [0.15, 0.2) is 5.78 Å². The van der Waals surface area contributed by atoms with Crippen LogP contribution in [0.2, 0.25) is 0 Å². The molecule has 1 saturated heterocycles. The van der Waals surface area contributed by atoms with E-state index >= 15 is 0 Å². The van der Waals surface area contributed by atoms with Gasteiger partial charge in [0.25, 0.3) is 0 Å². The van der Waals surface area contributed by atoms with E-state index in [0.29, 0.717) is 11.5 Å². The quantitative estimate of drug-likeness (QED) is 0.786. The van der Waals surface area contributed by atoms with Crippen molar-refractivity contribution in [3.8, 4) is 6.07 Å². The zero-order valence-corrected chi connectivity index (χ0v) is 14.7. The van der Waals surface area contributed by atoms with Crippen molar-refractivity contribution in [3.05, 3.63) is 47.5 Å². The topological polar surface area (TPSA) is 44.1 Å². The largest absolute Gasteiger partial charge is 0.302 e. The number of carbonyl (C=O) groups is 1. The molecule has 2 fully saturated rings. The van der Waals surface area contributed by atoms with E-state index in [2.05, 4.69) is 17.9 Å². The van der Waals surface area contributed by atoms with Crippen LogP contribution in [0.5, 0.6) is 0 Å². The van der Waals surface area contributed by atoms with Crippen LogP contribution in [-0.4, -0.2) is 30.3 Å². The first-order valence-corrected chi connectivity index (χ1v) is 9.34. The van der Waals surface area contributed by atoms with Crippen molar-refractivity contribution >= 4 is 16.6 Å². The van der Waals surface area contributed by atoms with E-state index in [9.17, 15) is 4.79 Å². The maximum atomic E-state index is 13.1. The molecule has 2 aromatic rings. The number of nitriles is 1. The Labute approximate surface area is 149 Å². The maximum absolute atomic E-state index is 13.1. The lowest BCUT2D eigenvalue weighted by atomic mass is 9.81. The third-order valence-electron chi connectivity index (χ3n) is 5.85. The molecular formula is C22H24N2O. The number of hydrogen-bond donors (Lipinski definition) is 0. The van der Waals surface area contributed by atoms with Crippen LogP contribution in [0.1, 0.15) is 42.1 Å². The number of rotatable bonds is 4. The Morgan fingerprint density at radius 3 is 2.68 bits per heavy atom. The Hall–Kier alpha value is -2.18. The minimum absolute atomic E-state index is 0.100. The number of ketones is 1. The van der Waals surface area contributed by atoms with Gasteiger partial charge in [-0.15, -0.1) is 0 Å². The Morgan fingerprint density at radius 1 is 1.16 bits per heavy atom. The van der Waals surface area contributed by atoms with Gasteiger partial charge in [-0.3, -0.25) is 4.79 Å². The van der Waals surface area contributed by atoms with Gasteiger partial charge in [0.1, 0.15) is 0 Å². The molecule has 3 nitrogen and oxygen atoms in total. The fraction of sp³-hybridized carbons (Fsp3) is 0.455. The summed E-state index contributed by atoms with van der Waals surface area (Å²) < 4.78 is 0. The van der Waals surface area contributed by atoms with Crippen LogP contribution in [0.3, 0.4) is 0 Å². The lowest BCUT2D eigenvalue weighted by Gasteiger charge is -2.36. The first kappa shape index (κ1) is 16.3. The van der Waals surface area contributed by atoms with Crippen molar-refractivity contribution in [2.24, 2.45) is 17.8 Å². The maximum Gasteiger partial charge on any atom is 0.167 e. The highest BCUT2D eigenvalue weighted by Crippen LogP contribution is 2.33. The predicted octanol–water partition coefficient (Wildman–Crippen LogP) is 4.26. The van der Waals surface area contributed by atoms with Crippen LogP contribution in [-0.2, 0) is 0 Å². The van der Waals surface area contributed by atoms with E-state index in [1.54, 1.807) is 0 Å². The van der Waals surface area contributed by atoms with Gasteiger partial charge in [0.2, 0.25) is 0 Å². The molecule has 1 aliphatic carbocycles. The molecule has 4 rings (SSSR count). The summed E-state index contributed by atoms with van der Waals surface area (Å²) in [5.41, 5.74) is 1.46. The molecule has 2 aliphatic rings. The molecule has 2 aromatic carbocycles. The summed E-state index contributed by atoms with van der Waals surface area (Å²) in [4.78, 5) is 15.6. The lowest BCUT2D eigenvalue weighted by molar-refractivity contribution is 0.0711. The normalized spacial score (nSPS) is 24.2. The summed E-state index contributed by atoms with van der Waals surface area (Å²) >= 11 is 0. The second kappa shape index (κ2) is 6.61. The van der Waals surface area contributed by atoms with Crippen LogP contribution >= 0.6 is 0 Å². The van der Waals surface area contributed by atoms with Gasteiger partial charge in [0.05, 0.1) is 11.6 Å². The van der Waals surface area contributed by atoms with E-state index in [0.717, 1.165) is 41.8 Å². The van der Waals surface area contributed by atoms with Crippen LogP contribution in [0.15, 0.2) is 36.4 Å². The lowest BCUT2D eigenvalue weighted by Crippen LogP contribution is -2.43. The van der Waals surface area contributed by atoms with Crippen molar-refractivity contribution in [2.45, 2.75) is 26.2 Å². The van der Waals surface area contributed by atoms with E-state index in [-0.39, 0.29) is 11.7 Å². The average Bonchev–Trinajstić information content (AvgIpc) is 3.46. The average molecular weight is 332 g/mol. The van der Waals surface area contributed by atoms with Crippen molar-refractivity contribution in [1.82, 2.24) is 4.90 Å². The third-order valence-corrected chi connectivity index (χ3v) is 5.85. The Balaban J connectivity index is 1.56. The van der Waals surface area contributed by atoms with Crippen molar-refractivity contribution in [1.29, 1.82) is 5.26 Å². The minimum Gasteiger partial charge on any atom is -0.302 e. The summed E-state index contributed by atoms with van der Waals surface area (Å²) in [6.07, 6.45) is 3.84. The van der Waals surface area contributed by atoms with Crippen molar-refractivity contribution in [3.63, 3.8) is 0 Å². The van der Waals surface area contributed by atoms with Gasteiger partial charge in [-0.05, 0) is 66.6 Å². The fourth-order valence-corrected chi connectivity index (χ4v) is 3.99. The van der Waals surface area contributed by atoms with Crippen LogP contribution in [0.25, 0.3) is 10.8 Å². The molecule has 128 valence electrons. The number of benzene rings is 2. The molecule has 0 radical (unpaired) electrons. The van der Waals surface area contributed by atoms with Crippen LogP contribution < -0.4 is 0 Å². The van der Waals surface area contributed by atoms with E-state index in [1.807, 2.05) is 36.4 Å². The number of piperidine rings is 1. The van der Waals surface area contributed by atoms with E-state index in [4.69, 9.17) is 5.26 Å². The second-order valence-electron chi connectivity index (χ2n) is 7.83. The minimum atomic E-state index is 0.100. The molecule has 1 unspecified atom stereocenters. The van der Waals surface area contributed by atoms with Gasteiger partial charge in [-0.1, -0.05) is 25.1 Å². The molecule has 3 heteroatoms. The predicted molar refractivity (Wildman–Crippen MR) is 99.4 cm³/mol. The van der Waals surface area contributed by atoms with Gasteiger partial charge in [0, 0.05) is 24.6 Å². The summed E-state index contributed by atoms with van der Waals surface area (Å²) in [5.74, 6) is 1.70. The molecular weight excluding hydrogens is 308 g/mol. The first-order valence-electron chi connectivity index (χ1n) is 9.34. The summed E-state index contributed by atoms with van der Waals surface area (Å²) in [6.45, 7) is 5.43. The summed E-state index contributed by atoms with van der Waals surface area (Å²) in [5, 5.41) is 11.1. The highest BCUT2D eigenvalue weighted by molar-refractivity contribution is 6.01. The molecule has 0 amide bonds. The molecule has 0 aromatic heterocycles. The summed E-state index contributed by atoms with van der Waals surface area (Å²) in [7, 11) is 0. The van der Waals surface area contributed by atoms with Crippen LogP contribution in [0.4, 0.5) is 0 Å². The van der Waals surface area contributed by atoms with Crippen molar-refractivity contribution < 1.29 is 4.79 Å². The second-order valence-corrected chi connectivity index (χ2v) is 7.83. The Kier molecular flexibility index (Phi) is 4.31. The molecule has 0 N–H and O–H groups in total. The van der Waals surface area contributed by atoms with E-state index in [1.165, 1.54) is 19.4 Å². The smallest absolute Gasteiger partial charge is 0.167 e. The molecule has 0 bridgehead atoms. The Bertz CT molecular complexity index is 847. The summed E-state index contributed by atoms with van der Waals surface area (Å²) in [6, 6.07) is 13.7. The number of Topliss-reactive ketones (excluding diaryl/α,β-unsaturated/α-hetero) is 1. The van der Waals surface area contributed by atoms with Gasteiger partial charge in [-0.2, -0.15) is 5.26 Å². The number of likely N-dealkylation sites (tertiary alicyclic amines) is 1. The van der Waals surface area contributed by atoms with Crippen LogP contribution in [0, 0.1) is 29.1 Å². The highest BCUT2D eigenvalue weighted by atomic mass is 16.1. The Morgan fingerprint density at radius 2 is 1.92 bits per heavy atom. The van der Waals surface area contributed by atoms with Gasteiger partial charge >= 0.3 is 0 Å².